The predicted molar refractivity (Wildman–Crippen MR) is 131 cm³/mol. The Labute approximate surface area is 193 Å². The van der Waals surface area contributed by atoms with E-state index in [1.807, 2.05) is 18.2 Å². The zero-order valence-corrected chi connectivity index (χ0v) is 19.4. The minimum atomic E-state index is -0.228. The fourth-order valence-corrected chi connectivity index (χ4v) is 4.47. The van der Waals surface area contributed by atoms with Gasteiger partial charge >= 0.3 is 5.97 Å². The Bertz CT molecular complexity index is 845. The Hall–Kier alpha value is -2.18. The zero-order valence-electron chi connectivity index (χ0n) is 17.3. The van der Waals surface area contributed by atoms with E-state index in [1.165, 1.54) is 23.6 Å². The maximum atomic E-state index is 11.9. The number of carbonyl (C=O) groups excluding carboxylic acids is 1. The topological polar surface area (TPSA) is 29.5 Å². The number of halogens is 1. The van der Waals surface area contributed by atoms with Gasteiger partial charge in [-0.25, -0.2) is 0 Å². The Morgan fingerprint density at radius 2 is 1.23 bits per heavy atom. The second-order valence-corrected chi connectivity index (χ2v) is 8.32. The molecule has 3 nitrogen and oxygen atoms in total. The van der Waals surface area contributed by atoms with Gasteiger partial charge in [-0.2, -0.15) is 0 Å². The Morgan fingerprint density at radius 1 is 0.800 bits per heavy atom. The molecule has 0 saturated heterocycles. The van der Waals surface area contributed by atoms with Gasteiger partial charge in [0.2, 0.25) is 0 Å². The van der Waals surface area contributed by atoms with Crippen molar-refractivity contribution in [3.63, 3.8) is 0 Å². The van der Waals surface area contributed by atoms with Crippen LogP contribution in [0.5, 0.6) is 0 Å². The molecular weight excluding hydrogens is 485 g/mol. The van der Waals surface area contributed by atoms with Crippen molar-refractivity contribution in [2.24, 2.45) is 0 Å². The van der Waals surface area contributed by atoms with Crippen LogP contribution in [0.15, 0.2) is 91.0 Å². The van der Waals surface area contributed by atoms with Gasteiger partial charge in [0.05, 0.1) is 6.04 Å². The SMILES string of the molecule is CC(=O)O[C@H](CI)[C@H](Cc1ccccc1)N(Cc1ccccc1)Cc1ccccc1. The summed E-state index contributed by atoms with van der Waals surface area (Å²) in [7, 11) is 0. The van der Waals surface area contributed by atoms with E-state index in [-0.39, 0.29) is 18.1 Å². The number of benzene rings is 3. The molecule has 0 saturated carbocycles. The van der Waals surface area contributed by atoms with Gasteiger partial charge in [-0.3, -0.25) is 9.69 Å². The van der Waals surface area contributed by atoms with Gasteiger partial charge in [0, 0.05) is 24.4 Å². The second-order valence-electron chi connectivity index (χ2n) is 7.44. The first-order valence-corrected chi connectivity index (χ1v) is 11.8. The van der Waals surface area contributed by atoms with Crippen LogP contribution in [-0.4, -0.2) is 27.4 Å². The van der Waals surface area contributed by atoms with Crippen molar-refractivity contribution in [1.29, 1.82) is 0 Å². The molecule has 0 bridgehead atoms. The maximum absolute atomic E-state index is 11.9. The van der Waals surface area contributed by atoms with Crippen LogP contribution in [0.25, 0.3) is 0 Å². The molecule has 4 heteroatoms. The standard InChI is InChI=1S/C26H28INO2/c1-21(29)30-26(18-27)25(17-22-11-5-2-6-12-22)28(19-23-13-7-3-8-14-23)20-24-15-9-4-10-16-24/h2-16,25-26H,17-20H2,1H3/t25-,26+/m0/s1. The van der Waals surface area contributed by atoms with Crippen LogP contribution in [0.3, 0.4) is 0 Å². The Balaban J connectivity index is 1.95. The molecule has 0 amide bonds. The summed E-state index contributed by atoms with van der Waals surface area (Å²) in [4.78, 5) is 14.3. The molecular formula is C26H28INO2. The molecule has 30 heavy (non-hydrogen) atoms. The molecule has 0 heterocycles. The third-order valence-corrected chi connectivity index (χ3v) is 5.98. The van der Waals surface area contributed by atoms with E-state index >= 15 is 0 Å². The molecule has 0 aromatic heterocycles. The van der Waals surface area contributed by atoms with E-state index in [4.69, 9.17) is 4.74 Å². The number of hydrogen-bond donors (Lipinski definition) is 0. The number of alkyl halides is 1. The number of esters is 1. The first-order valence-electron chi connectivity index (χ1n) is 10.2. The molecule has 0 radical (unpaired) electrons. The van der Waals surface area contributed by atoms with Crippen molar-refractivity contribution in [2.45, 2.75) is 38.6 Å². The molecule has 0 aliphatic heterocycles. The van der Waals surface area contributed by atoms with Gasteiger partial charge in [-0.15, -0.1) is 0 Å². The van der Waals surface area contributed by atoms with Crippen molar-refractivity contribution in [3.05, 3.63) is 108 Å². The van der Waals surface area contributed by atoms with Crippen LogP contribution in [0.4, 0.5) is 0 Å². The first kappa shape index (κ1) is 22.5. The lowest BCUT2D eigenvalue weighted by Gasteiger charge is -2.36. The second kappa shape index (κ2) is 11.9. The Morgan fingerprint density at radius 3 is 1.63 bits per heavy atom. The lowest BCUT2D eigenvalue weighted by atomic mass is 9.98. The molecule has 3 aromatic rings. The molecule has 0 fully saturated rings. The molecule has 0 aliphatic rings. The fraction of sp³-hybridized carbons (Fsp3) is 0.269. The lowest BCUT2D eigenvalue weighted by Crippen LogP contribution is -2.47. The quantitative estimate of drug-likeness (QED) is 0.199. The minimum absolute atomic E-state index is 0.0635. The normalized spacial score (nSPS) is 13.0. The largest absolute Gasteiger partial charge is 0.460 e. The van der Waals surface area contributed by atoms with E-state index < -0.39 is 0 Å². The van der Waals surface area contributed by atoms with Crippen molar-refractivity contribution >= 4 is 28.6 Å². The smallest absolute Gasteiger partial charge is 0.302 e. The number of rotatable bonds is 10. The summed E-state index contributed by atoms with van der Waals surface area (Å²) in [6.07, 6.45) is 0.636. The minimum Gasteiger partial charge on any atom is -0.460 e. The van der Waals surface area contributed by atoms with Gasteiger partial charge in [-0.05, 0) is 23.1 Å². The highest BCUT2D eigenvalue weighted by Gasteiger charge is 2.30. The summed E-state index contributed by atoms with van der Waals surface area (Å²) in [5, 5.41) is 0. The molecule has 0 N–H and O–H groups in total. The molecule has 0 spiro atoms. The van der Waals surface area contributed by atoms with E-state index in [9.17, 15) is 4.79 Å². The van der Waals surface area contributed by atoms with Gasteiger partial charge in [0.1, 0.15) is 6.10 Å². The monoisotopic (exact) mass is 513 g/mol. The summed E-state index contributed by atoms with van der Waals surface area (Å²) in [6, 6.07) is 31.5. The van der Waals surface area contributed by atoms with Gasteiger partial charge < -0.3 is 4.74 Å². The van der Waals surface area contributed by atoms with Crippen LogP contribution in [-0.2, 0) is 29.0 Å². The molecule has 0 unspecified atom stereocenters. The number of ether oxygens (including phenoxy) is 1. The summed E-state index contributed by atoms with van der Waals surface area (Å²) < 4.78 is 6.55. The average Bonchev–Trinajstić information content (AvgIpc) is 2.77. The summed E-state index contributed by atoms with van der Waals surface area (Å²) in [6.45, 7) is 3.08. The summed E-state index contributed by atoms with van der Waals surface area (Å²) in [5.74, 6) is -0.228. The van der Waals surface area contributed by atoms with Gasteiger partial charge in [-0.1, -0.05) is 114 Å². The van der Waals surface area contributed by atoms with Crippen molar-refractivity contribution < 1.29 is 9.53 Å². The molecule has 0 aliphatic carbocycles. The molecule has 3 aromatic carbocycles. The summed E-state index contributed by atoms with van der Waals surface area (Å²) >= 11 is 2.33. The first-order chi connectivity index (χ1) is 14.7. The van der Waals surface area contributed by atoms with Crippen LogP contribution < -0.4 is 0 Å². The van der Waals surface area contributed by atoms with Crippen molar-refractivity contribution in [2.75, 3.05) is 4.43 Å². The van der Waals surface area contributed by atoms with Gasteiger partial charge in [0.25, 0.3) is 0 Å². The zero-order chi connectivity index (χ0) is 21.2. The third kappa shape index (κ3) is 6.96. The predicted octanol–water partition coefficient (Wildman–Crippen LogP) is 5.67. The van der Waals surface area contributed by atoms with Gasteiger partial charge in [0.15, 0.2) is 0 Å². The maximum Gasteiger partial charge on any atom is 0.302 e. The van der Waals surface area contributed by atoms with Crippen molar-refractivity contribution in [3.8, 4) is 0 Å². The van der Waals surface area contributed by atoms with Crippen LogP contribution >= 0.6 is 22.6 Å². The lowest BCUT2D eigenvalue weighted by molar-refractivity contribution is -0.148. The van der Waals surface area contributed by atoms with Crippen molar-refractivity contribution in [1.82, 2.24) is 4.90 Å². The molecule has 156 valence electrons. The molecule has 2 atom stereocenters. The number of carbonyl (C=O) groups is 1. The van der Waals surface area contributed by atoms with Crippen LogP contribution in [0.2, 0.25) is 0 Å². The number of hydrogen-bond acceptors (Lipinski definition) is 3. The highest BCUT2D eigenvalue weighted by molar-refractivity contribution is 14.1. The van der Waals surface area contributed by atoms with E-state index in [2.05, 4.69) is 100 Å². The highest BCUT2D eigenvalue weighted by Crippen LogP contribution is 2.22. The molecule has 3 rings (SSSR count). The van der Waals surface area contributed by atoms with Crippen LogP contribution in [0, 0.1) is 0 Å². The van der Waals surface area contributed by atoms with E-state index in [0.29, 0.717) is 0 Å². The van der Waals surface area contributed by atoms with Crippen LogP contribution in [0.1, 0.15) is 23.6 Å². The fourth-order valence-electron chi connectivity index (χ4n) is 3.70. The number of nitrogens with zero attached hydrogens (tertiary/aromatic N) is 1. The average molecular weight is 513 g/mol. The van der Waals surface area contributed by atoms with E-state index in [0.717, 1.165) is 23.9 Å². The Kier molecular flexibility index (Phi) is 8.90. The highest BCUT2D eigenvalue weighted by atomic mass is 127. The summed E-state index contributed by atoms with van der Waals surface area (Å²) in [5.41, 5.74) is 3.75. The van der Waals surface area contributed by atoms with E-state index in [1.54, 1.807) is 0 Å². The third-order valence-electron chi connectivity index (χ3n) is 5.11.